The number of amides is 1. The van der Waals surface area contributed by atoms with E-state index in [1.165, 1.54) is 28.8 Å². The Balaban J connectivity index is 1.33. The molecule has 0 aromatic carbocycles. The number of fused-ring (bicyclic) bond motifs is 1. The van der Waals surface area contributed by atoms with Crippen LogP contribution in [-0.2, 0) is 25.9 Å². The second kappa shape index (κ2) is 9.16. The molecule has 5 nitrogen and oxygen atoms in total. The van der Waals surface area contributed by atoms with Crippen LogP contribution in [0.25, 0.3) is 0 Å². The Bertz CT molecular complexity index is 795. The van der Waals surface area contributed by atoms with Crippen molar-refractivity contribution in [2.45, 2.75) is 45.7 Å². The second-order valence-electron chi connectivity index (χ2n) is 7.95. The molecule has 0 spiro atoms. The fourth-order valence-corrected chi connectivity index (χ4v) is 5.25. The summed E-state index contributed by atoms with van der Waals surface area (Å²) in [6.45, 7) is 7.82. The summed E-state index contributed by atoms with van der Waals surface area (Å²) in [6.07, 6.45) is 6.37. The van der Waals surface area contributed by atoms with Gasteiger partial charge in [-0.3, -0.25) is 14.7 Å². The zero-order chi connectivity index (χ0) is 19.3. The lowest BCUT2D eigenvalue weighted by Crippen LogP contribution is -2.38. The molecular weight excluding hydrogens is 368 g/mol. The van der Waals surface area contributed by atoms with Crippen LogP contribution in [0.1, 0.15) is 51.8 Å². The van der Waals surface area contributed by atoms with E-state index in [1.54, 1.807) is 11.3 Å². The molecule has 150 valence electrons. The van der Waals surface area contributed by atoms with E-state index in [-0.39, 0.29) is 5.91 Å². The zero-order valence-electron chi connectivity index (χ0n) is 16.7. The molecule has 4 rings (SSSR count). The Hall–Kier alpha value is -1.76. The molecular formula is C22H30N4OS. The maximum absolute atomic E-state index is 12.7. The number of pyridine rings is 1. The van der Waals surface area contributed by atoms with Gasteiger partial charge in [-0.1, -0.05) is 13.0 Å². The summed E-state index contributed by atoms with van der Waals surface area (Å²) in [5.41, 5.74) is 4.56. The number of nitrogens with one attached hydrogen (secondary N) is 2. The maximum Gasteiger partial charge on any atom is 0.252 e. The van der Waals surface area contributed by atoms with E-state index in [1.807, 2.05) is 6.20 Å². The lowest BCUT2D eigenvalue weighted by atomic mass is 9.99. The van der Waals surface area contributed by atoms with Gasteiger partial charge < -0.3 is 10.6 Å². The number of aryl methyl sites for hydroxylation is 1. The van der Waals surface area contributed by atoms with Gasteiger partial charge in [0.15, 0.2) is 0 Å². The molecule has 28 heavy (non-hydrogen) atoms. The second-order valence-corrected chi connectivity index (χ2v) is 8.91. The molecule has 2 aliphatic heterocycles. The van der Waals surface area contributed by atoms with Gasteiger partial charge in [0.2, 0.25) is 0 Å². The van der Waals surface area contributed by atoms with Gasteiger partial charge in [0.1, 0.15) is 0 Å². The molecule has 0 radical (unpaired) electrons. The van der Waals surface area contributed by atoms with Crippen LogP contribution >= 0.6 is 11.3 Å². The molecule has 2 aromatic heterocycles. The molecule has 1 amide bonds. The molecule has 0 unspecified atom stereocenters. The summed E-state index contributed by atoms with van der Waals surface area (Å²) in [7, 11) is 0. The van der Waals surface area contributed by atoms with Gasteiger partial charge in [-0.2, -0.15) is 0 Å². The molecule has 0 bridgehead atoms. The monoisotopic (exact) mass is 398 g/mol. The van der Waals surface area contributed by atoms with Gasteiger partial charge in [0.25, 0.3) is 5.91 Å². The minimum absolute atomic E-state index is 0.105. The van der Waals surface area contributed by atoms with E-state index < -0.39 is 0 Å². The molecule has 2 aromatic rings. The Kier molecular flexibility index (Phi) is 6.40. The van der Waals surface area contributed by atoms with E-state index in [9.17, 15) is 4.79 Å². The first kappa shape index (κ1) is 19.6. The van der Waals surface area contributed by atoms with Crippen molar-refractivity contribution in [1.82, 2.24) is 20.5 Å². The molecule has 4 heterocycles. The van der Waals surface area contributed by atoms with E-state index in [0.717, 1.165) is 63.4 Å². The average Bonchev–Trinajstić information content (AvgIpc) is 3.17. The minimum Gasteiger partial charge on any atom is -0.352 e. The van der Waals surface area contributed by atoms with Gasteiger partial charge in [0, 0.05) is 42.6 Å². The Morgan fingerprint density at radius 3 is 3.11 bits per heavy atom. The summed E-state index contributed by atoms with van der Waals surface area (Å²) < 4.78 is 0. The average molecular weight is 399 g/mol. The molecule has 6 heteroatoms. The van der Waals surface area contributed by atoms with E-state index in [4.69, 9.17) is 0 Å². The highest BCUT2D eigenvalue weighted by Gasteiger charge is 2.24. The number of piperidine rings is 1. The molecule has 2 N–H and O–H groups in total. The predicted molar refractivity (Wildman–Crippen MR) is 114 cm³/mol. The zero-order valence-corrected chi connectivity index (χ0v) is 17.5. The largest absolute Gasteiger partial charge is 0.352 e. The highest BCUT2D eigenvalue weighted by atomic mass is 32.1. The quantitative estimate of drug-likeness (QED) is 0.785. The predicted octanol–water partition coefficient (Wildman–Crippen LogP) is 2.99. The van der Waals surface area contributed by atoms with Crippen LogP contribution in [-0.4, -0.2) is 42.0 Å². The van der Waals surface area contributed by atoms with Crippen LogP contribution in [0.5, 0.6) is 0 Å². The topological polar surface area (TPSA) is 57.3 Å². The van der Waals surface area contributed by atoms with Crippen molar-refractivity contribution < 1.29 is 4.79 Å². The highest BCUT2D eigenvalue weighted by Crippen LogP contribution is 2.29. The lowest BCUT2D eigenvalue weighted by Gasteiger charge is -2.27. The van der Waals surface area contributed by atoms with Crippen molar-refractivity contribution in [3.05, 3.63) is 51.0 Å². The summed E-state index contributed by atoms with van der Waals surface area (Å²) in [6, 6.07) is 4.31. The van der Waals surface area contributed by atoms with Crippen LogP contribution < -0.4 is 10.6 Å². The number of hydrogen-bond acceptors (Lipinski definition) is 5. The summed E-state index contributed by atoms with van der Waals surface area (Å²) in [5.74, 6) is 0.669. The van der Waals surface area contributed by atoms with E-state index in [2.05, 4.69) is 45.0 Å². The first-order chi connectivity index (χ1) is 13.7. The SMILES string of the molecule is CCc1ccc(CN2CCc3c(C(=O)NC[C@@H]4CCCNC4)csc3C2)nc1. The summed E-state index contributed by atoms with van der Waals surface area (Å²) in [5, 5.41) is 8.64. The number of thiophene rings is 1. The fraction of sp³-hybridized carbons (Fsp3) is 0.545. The third-order valence-corrected chi connectivity index (χ3v) is 6.91. The maximum atomic E-state index is 12.7. The number of rotatable bonds is 6. The van der Waals surface area contributed by atoms with Crippen LogP contribution in [0.3, 0.4) is 0 Å². The van der Waals surface area contributed by atoms with E-state index in [0.29, 0.717) is 5.92 Å². The van der Waals surface area contributed by atoms with Crippen LogP contribution in [0.15, 0.2) is 23.7 Å². The van der Waals surface area contributed by atoms with Crippen molar-refractivity contribution in [3.8, 4) is 0 Å². The standard InChI is InChI=1S/C22H30N4OS/c1-2-16-5-6-18(24-11-16)13-26-9-7-19-20(15-28-21(19)14-26)22(27)25-12-17-4-3-8-23-10-17/h5-6,11,15,17,23H,2-4,7-10,12-14H2,1H3,(H,25,27)/t17-/m1/s1. The van der Waals surface area contributed by atoms with Gasteiger partial charge >= 0.3 is 0 Å². The van der Waals surface area contributed by atoms with Crippen molar-refractivity contribution in [3.63, 3.8) is 0 Å². The number of nitrogens with zero attached hydrogens (tertiary/aromatic N) is 2. The minimum atomic E-state index is 0.105. The molecule has 2 aliphatic rings. The smallest absolute Gasteiger partial charge is 0.252 e. The summed E-state index contributed by atoms with van der Waals surface area (Å²) in [4.78, 5) is 21.1. The number of aromatic nitrogens is 1. The van der Waals surface area contributed by atoms with Gasteiger partial charge in [-0.15, -0.1) is 11.3 Å². The van der Waals surface area contributed by atoms with Crippen molar-refractivity contribution in [2.24, 2.45) is 5.92 Å². The van der Waals surface area contributed by atoms with Crippen molar-refractivity contribution in [2.75, 3.05) is 26.2 Å². The van der Waals surface area contributed by atoms with Gasteiger partial charge in [-0.05, 0) is 61.9 Å². The highest BCUT2D eigenvalue weighted by molar-refractivity contribution is 7.10. The fourth-order valence-electron chi connectivity index (χ4n) is 4.12. The molecule has 1 atom stereocenters. The molecule has 0 saturated carbocycles. The van der Waals surface area contributed by atoms with Gasteiger partial charge in [-0.25, -0.2) is 0 Å². The van der Waals surface area contributed by atoms with Crippen LogP contribution in [0.4, 0.5) is 0 Å². The van der Waals surface area contributed by atoms with Crippen molar-refractivity contribution >= 4 is 17.2 Å². The first-order valence-corrected chi connectivity index (χ1v) is 11.3. The third kappa shape index (κ3) is 4.62. The number of carbonyl (C=O) groups is 1. The van der Waals surface area contributed by atoms with Crippen LogP contribution in [0, 0.1) is 5.92 Å². The Morgan fingerprint density at radius 1 is 1.43 bits per heavy atom. The molecule has 1 saturated heterocycles. The van der Waals surface area contributed by atoms with Crippen molar-refractivity contribution in [1.29, 1.82) is 0 Å². The third-order valence-electron chi connectivity index (χ3n) is 5.90. The Labute approximate surface area is 171 Å². The van der Waals surface area contributed by atoms with Crippen LogP contribution in [0.2, 0.25) is 0 Å². The lowest BCUT2D eigenvalue weighted by molar-refractivity contribution is 0.0943. The molecule has 1 fully saturated rings. The van der Waals surface area contributed by atoms with Gasteiger partial charge in [0.05, 0.1) is 11.3 Å². The number of hydrogen-bond donors (Lipinski definition) is 2. The Morgan fingerprint density at radius 2 is 2.36 bits per heavy atom. The number of carbonyl (C=O) groups excluding carboxylic acids is 1. The van der Waals surface area contributed by atoms with E-state index >= 15 is 0 Å². The normalized spacial score (nSPS) is 20.0. The first-order valence-electron chi connectivity index (χ1n) is 10.5. The molecule has 0 aliphatic carbocycles. The summed E-state index contributed by atoms with van der Waals surface area (Å²) >= 11 is 1.73.